The molecule has 1 amide bonds. The van der Waals surface area contributed by atoms with E-state index in [0.717, 1.165) is 18.5 Å². The van der Waals surface area contributed by atoms with Gasteiger partial charge in [0, 0.05) is 24.8 Å². The molecule has 5 rings (SSSR count). The van der Waals surface area contributed by atoms with Crippen LogP contribution in [0, 0.1) is 11.8 Å². The van der Waals surface area contributed by atoms with Crippen molar-refractivity contribution in [1.29, 1.82) is 0 Å². The molecule has 26 heavy (non-hydrogen) atoms. The Hall–Kier alpha value is -2.67. The van der Waals surface area contributed by atoms with Crippen LogP contribution < -0.4 is 0 Å². The van der Waals surface area contributed by atoms with Crippen molar-refractivity contribution in [3.63, 3.8) is 0 Å². The van der Waals surface area contributed by atoms with Gasteiger partial charge in [0.2, 0.25) is 0 Å². The number of hydrogen-bond acceptors (Lipinski definition) is 4. The molecule has 4 heterocycles. The molecule has 3 aromatic heterocycles. The summed E-state index contributed by atoms with van der Waals surface area (Å²) in [6.45, 7) is 1.45. The normalized spacial score (nSPS) is 28.4. The van der Waals surface area contributed by atoms with Gasteiger partial charge in [0.05, 0.1) is 12.1 Å². The Morgan fingerprint density at radius 3 is 2.77 bits per heavy atom. The standard InChI is InChI=1S/C19H21N5O2/c25-18-8-14-10-22(9-13(14)7-17(18)24-12-20-11-21-24)19(26)16-5-4-15-3-1-2-6-23(15)16/h1-6,11-14,17-18,25H,7-10H2/t13-,14+,17-,18-/m1/s1. The van der Waals surface area contributed by atoms with Gasteiger partial charge in [-0.3, -0.25) is 4.79 Å². The van der Waals surface area contributed by atoms with Crippen molar-refractivity contribution in [3.05, 3.63) is 54.9 Å². The predicted molar refractivity (Wildman–Crippen MR) is 94.6 cm³/mol. The maximum Gasteiger partial charge on any atom is 0.270 e. The molecule has 7 heteroatoms. The van der Waals surface area contributed by atoms with E-state index in [1.54, 1.807) is 11.0 Å². The molecular formula is C19H21N5O2. The molecule has 0 aromatic carbocycles. The lowest BCUT2D eigenvalue weighted by molar-refractivity contribution is 0.0304. The Morgan fingerprint density at radius 1 is 1.12 bits per heavy atom. The molecule has 4 atom stereocenters. The summed E-state index contributed by atoms with van der Waals surface area (Å²) in [5, 5.41) is 14.7. The van der Waals surface area contributed by atoms with Gasteiger partial charge >= 0.3 is 0 Å². The number of aromatic nitrogens is 4. The molecule has 2 aliphatic rings. The SMILES string of the molecule is O=C(c1ccc2ccccn12)N1C[C@H]2C[C@@H](n3cncn3)[C@H](O)C[C@H]2C1. The fourth-order valence-electron chi connectivity index (χ4n) is 4.64. The van der Waals surface area contributed by atoms with Crippen LogP contribution in [0.4, 0.5) is 0 Å². The number of aliphatic hydroxyl groups excluding tert-OH is 1. The highest BCUT2D eigenvalue weighted by molar-refractivity contribution is 5.94. The van der Waals surface area contributed by atoms with Crippen LogP contribution in [0.25, 0.3) is 5.52 Å². The molecule has 1 aliphatic heterocycles. The zero-order valence-electron chi connectivity index (χ0n) is 14.3. The van der Waals surface area contributed by atoms with E-state index < -0.39 is 6.10 Å². The number of fused-ring (bicyclic) bond motifs is 2. The first-order valence-electron chi connectivity index (χ1n) is 9.08. The molecule has 0 unspecified atom stereocenters. The monoisotopic (exact) mass is 351 g/mol. The van der Waals surface area contributed by atoms with Crippen molar-refractivity contribution in [2.24, 2.45) is 11.8 Å². The van der Waals surface area contributed by atoms with E-state index >= 15 is 0 Å². The van der Waals surface area contributed by atoms with Crippen molar-refractivity contribution >= 4 is 11.4 Å². The third kappa shape index (κ3) is 2.42. The number of aliphatic hydroxyl groups is 1. The predicted octanol–water partition coefficient (Wildman–Crippen LogP) is 1.61. The molecule has 7 nitrogen and oxygen atoms in total. The number of nitrogens with zero attached hydrogens (tertiary/aromatic N) is 5. The molecule has 0 radical (unpaired) electrons. The minimum atomic E-state index is -0.442. The van der Waals surface area contributed by atoms with E-state index in [1.165, 1.54) is 6.33 Å². The lowest BCUT2D eigenvalue weighted by Gasteiger charge is -2.34. The number of likely N-dealkylation sites (tertiary alicyclic amines) is 1. The van der Waals surface area contributed by atoms with E-state index in [2.05, 4.69) is 10.1 Å². The highest BCUT2D eigenvalue weighted by Gasteiger charge is 2.44. The van der Waals surface area contributed by atoms with Crippen molar-refractivity contribution in [3.8, 4) is 0 Å². The number of rotatable bonds is 2. The topological polar surface area (TPSA) is 75.7 Å². The van der Waals surface area contributed by atoms with Crippen LogP contribution in [0.5, 0.6) is 0 Å². The van der Waals surface area contributed by atoms with Crippen molar-refractivity contribution < 1.29 is 9.90 Å². The fourth-order valence-corrected chi connectivity index (χ4v) is 4.64. The Labute approximate surface area is 150 Å². The average molecular weight is 351 g/mol. The summed E-state index contributed by atoms with van der Waals surface area (Å²) in [6.07, 6.45) is 6.18. The molecule has 2 fully saturated rings. The Balaban J connectivity index is 1.36. The number of hydrogen-bond donors (Lipinski definition) is 1. The van der Waals surface area contributed by atoms with Crippen LogP contribution in [0.15, 0.2) is 49.2 Å². The van der Waals surface area contributed by atoms with Gasteiger partial charge in [0.15, 0.2) is 0 Å². The molecule has 0 bridgehead atoms. The lowest BCUT2D eigenvalue weighted by Crippen LogP contribution is -2.36. The fraction of sp³-hybridized carbons (Fsp3) is 0.421. The average Bonchev–Trinajstić information content (AvgIpc) is 3.39. The first-order valence-corrected chi connectivity index (χ1v) is 9.08. The molecule has 3 aromatic rings. The second kappa shape index (κ2) is 5.95. The van der Waals surface area contributed by atoms with E-state index in [9.17, 15) is 9.90 Å². The highest BCUT2D eigenvalue weighted by Crippen LogP contribution is 2.41. The number of carbonyl (C=O) groups is 1. The van der Waals surface area contributed by atoms with Gasteiger partial charge < -0.3 is 14.4 Å². The molecule has 1 aliphatic carbocycles. The summed E-state index contributed by atoms with van der Waals surface area (Å²) in [7, 11) is 0. The Bertz CT molecular complexity index is 934. The van der Waals surface area contributed by atoms with Gasteiger partial charge in [0.25, 0.3) is 5.91 Å². The molecule has 1 saturated heterocycles. The van der Waals surface area contributed by atoms with E-state index in [4.69, 9.17) is 0 Å². The van der Waals surface area contributed by atoms with Gasteiger partial charge in [-0.1, -0.05) is 6.07 Å². The number of pyridine rings is 1. The zero-order chi connectivity index (χ0) is 17.7. The summed E-state index contributed by atoms with van der Waals surface area (Å²) in [4.78, 5) is 19.0. The molecule has 0 spiro atoms. The van der Waals surface area contributed by atoms with Crippen molar-refractivity contribution in [2.75, 3.05) is 13.1 Å². The summed E-state index contributed by atoms with van der Waals surface area (Å²) in [5.74, 6) is 0.806. The first kappa shape index (κ1) is 15.6. The van der Waals surface area contributed by atoms with Gasteiger partial charge in [-0.05, 0) is 48.9 Å². The maximum atomic E-state index is 13.1. The van der Waals surface area contributed by atoms with Crippen LogP contribution in [0.3, 0.4) is 0 Å². The quantitative estimate of drug-likeness (QED) is 0.761. The van der Waals surface area contributed by atoms with Crippen LogP contribution in [0.1, 0.15) is 29.4 Å². The van der Waals surface area contributed by atoms with Crippen molar-refractivity contribution in [2.45, 2.75) is 25.0 Å². The van der Waals surface area contributed by atoms with Crippen LogP contribution in [0.2, 0.25) is 0 Å². The summed E-state index contributed by atoms with van der Waals surface area (Å²) in [6, 6.07) is 9.72. The number of carbonyl (C=O) groups excluding carboxylic acids is 1. The van der Waals surface area contributed by atoms with E-state index in [1.807, 2.05) is 45.8 Å². The van der Waals surface area contributed by atoms with Gasteiger partial charge in [-0.25, -0.2) is 9.67 Å². The Kier molecular flexibility index (Phi) is 3.56. The molecule has 1 saturated carbocycles. The van der Waals surface area contributed by atoms with Crippen LogP contribution >= 0.6 is 0 Å². The first-order chi connectivity index (χ1) is 12.7. The third-order valence-electron chi connectivity index (χ3n) is 5.95. The third-order valence-corrected chi connectivity index (χ3v) is 5.95. The zero-order valence-corrected chi connectivity index (χ0v) is 14.3. The second-order valence-electron chi connectivity index (χ2n) is 7.43. The van der Waals surface area contributed by atoms with Gasteiger partial charge in [-0.15, -0.1) is 0 Å². The summed E-state index contributed by atoms with van der Waals surface area (Å²) < 4.78 is 3.70. The second-order valence-corrected chi connectivity index (χ2v) is 7.43. The largest absolute Gasteiger partial charge is 0.391 e. The smallest absolute Gasteiger partial charge is 0.270 e. The molecule has 1 N–H and O–H groups in total. The van der Waals surface area contributed by atoms with Crippen LogP contribution in [-0.4, -0.2) is 54.3 Å². The summed E-state index contributed by atoms with van der Waals surface area (Å²) in [5.41, 5.74) is 1.72. The molecule has 134 valence electrons. The van der Waals surface area contributed by atoms with Crippen molar-refractivity contribution in [1.82, 2.24) is 24.1 Å². The maximum absolute atomic E-state index is 13.1. The minimum Gasteiger partial charge on any atom is -0.391 e. The molecular weight excluding hydrogens is 330 g/mol. The number of amides is 1. The summed E-state index contributed by atoms with van der Waals surface area (Å²) >= 11 is 0. The Morgan fingerprint density at radius 2 is 1.96 bits per heavy atom. The van der Waals surface area contributed by atoms with E-state index in [-0.39, 0.29) is 11.9 Å². The highest BCUT2D eigenvalue weighted by atomic mass is 16.3. The van der Waals surface area contributed by atoms with Gasteiger partial charge in [0.1, 0.15) is 18.3 Å². The lowest BCUT2D eigenvalue weighted by atomic mass is 9.77. The van der Waals surface area contributed by atoms with Crippen LogP contribution in [-0.2, 0) is 0 Å². The van der Waals surface area contributed by atoms with E-state index in [0.29, 0.717) is 30.5 Å². The van der Waals surface area contributed by atoms with Gasteiger partial charge in [-0.2, -0.15) is 5.10 Å². The minimum absolute atomic E-state index is 0.0528.